The van der Waals surface area contributed by atoms with Gasteiger partial charge in [0, 0.05) is 19.2 Å². The fraction of sp³-hybridized carbons (Fsp3) is 0.455. The molecule has 3 N–H and O–H groups in total. The maximum Gasteiger partial charge on any atom is 0.225 e. The predicted molar refractivity (Wildman–Crippen MR) is 60.2 cm³/mol. The number of aromatic nitrogens is 1. The Morgan fingerprint density at radius 1 is 1.53 bits per heavy atom. The first-order chi connectivity index (χ1) is 7.11. The molecule has 1 aromatic rings. The average Bonchev–Trinajstić information content (AvgIpc) is 2.17. The highest BCUT2D eigenvalue weighted by Crippen LogP contribution is 2.07. The highest BCUT2D eigenvalue weighted by atomic mass is 16.1. The maximum absolute atomic E-state index is 11.4. The lowest BCUT2D eigenvalue weighted by Crippen LogP contribution is -2.14. The fourth-order valence-electron chi connectivity index (χ4n) is 1.18. The minimum absolute atomic E-state index is 0.00185. The molecule has 0 aliphatic heterocycles. The van der Waals surface area contributed by atoms with Crippen molar-refractivity contribution in [2.45, 2.75) is 26.8 Å². The van der Waals surface area contributed by atoms with Crippen LogP contribution in [-0.4, -0.2) is 10.9 Å². The van der Waals surface area contributed by atoms with Crippen molar-refractivity contribution >= 4 is 11.7 Å². The van der Waals surface area contributed by atoms with E-state index in [4.69, 9.17) is 5.73 Å². The van der Waals surface area contributed by atoms with E-state index in [-0.39, 0.29) is 5.91 Å². The molecule has 0 saturated carbocycles. The first kappa shape index (κ1) is 11.7. The van der Waals surface area contributed by atoms with Crippen molar-refractivity contribution in [2.24, 2.45) is 11.7 Å². The van der Waals surface area contributed by atoms with Crippen LogP contribution in [-0.2, 0) is 11.3 Å². The first-order valence-corrected chi connectivity index (χ1v) is 5.06. The van der Waals surface area contributed by atoms with Crippen LogP contribution in [0.1, 0.15) is 25.8 Å². The smallest absolute Gasteiger partial charge is 0.225 e. The number of rotatable bonds is 4. The van der Waals surface area contributed by atoms with Gasteiger partial charge < -0.3 is 11.1 Å². The van der Waals surface area contributed by atoms with Gasteiger partial charge in [0.2, 0.25) is 5.91 Å². The van der Waals surface area contributed by atoms with Crippen LogP contribution >= 0.6 is 0 Å². The van der Waals surface area contributed by atoms with Crippen molar-refractivity contribution in [1.29, 1.82) is 0 Å². The van der Waals surface area contributed by atoms with E-state index in [1.807, 2.05) is 19.9 Å². The zero-order chi connectivity index (χ0) is 11.3. The molecular formula is C11H17N3O. The third-order valence-electron chi connectivity index (χ3n) is 1.92. The number of anilines is 1. The second-order valence-electron chi connectivity index (χ2n) is 3.90. The van der Waals surface area contributed by atoms with Gasteiger partial charge in [-0.1, -0.05) is 19.9 Å². The van der Waals surface area contributed by atoms with Crippen LogP contribution in [0.15, 0.2) is 18.3 Å². The highest BCUT2D eigenvalue weighted by Gasteiger charge is 2.05. The van der Waals surface area contributed by atoms with Crippen molar-refractivity contribution in [3.8, 4) is 0 Å². The summed E-state index contributed by atoms with van der Waals surface area (Å²) in [5.74, 6) is 0.934. The van der Waals surface area contributed by atoms with Gasteiger partial charge >= 0.3 is 0 Å². The van der Waals surface area contributed by atoms with E-state index in [1.165, 1.54) is 0 Å². The molecule has 0 atom stereocenters. The summed E-state index contributed by atoms with van der Waals surface area (Å²) in [7, 11) is 0. The van der Waals surface area contributed by atoms with Gasteiger partial charge in [0.1, 0.15) is 5.82 Å². The van der Waals surface area contributed by atoms with Gasteiger partial charge in [-0.15, -0.1) is 0 Å². The van der Waals surface area contributed by atoms with E-state index in [9.17, 15) is 4.79 Å². The Morgan fingerprint density at radius 2 is 2.27 bits per heavy atom. The number of pyridine rings is 1. The number of hydrogen-bond donors (Lipinski definition) is 2. The van der Waals surface area contributed by atoms with Crippen LogP contribution in [0.5, 0.6) is 0 Å². The van der Waals surface area contributed by atoms with Crippen molar-refractivity contribution in [2.75, 3.05) is 5.32 Å². The lowest BCUT2D eigenvalue weighted by atomic mass is 10.1. The summed E-state index contributed by atoms with van der Waals surface area (Å²) in [5.41, 5.74) is 6.40. The standard InChI is InChI=1S/C11H17N3O/c1-8(2)5-11(15)14-10-4-3-9(6-12)7-13-10/h3-4,7-8H,5-6,12H2,1-2H3,(H,13,14,15). The van der Waals surface area contributed by atoms with Gasteiger partial charge in [-0.25, -0.2) is 4.98 Å². The summed E-state index contributed by atoms with van der Waals surface area (Å²) in [6.07, 6.45) is 2.19. The van der Waals surface area contributed by atoms with Crippen molar-refractivity contribution in [3.63, 3.8) is 0 Å². The van der Waals surface area contributed by atoms with Gasteiger partial charge in [0.25, 0.3) is 0 Å². The van der Waals surface area contributed by atoms with Gasteiger partial charge in [-0.2, -0.15) is 0 Å². The lowest BCUT2D eigenvalue weighted by Gasteiger charge is -2.06. The quantitative estimate of drug-likeness (QED) is 0.786. The second-order valence-corrected chi connectivity index (χ2v) is 3.90. The molecule has 0 bridgehead atoms. The number of carbonyl (C=O) groups excluding carboxylic acids is 1. The van der Waals surface area contributed by atoms with Crippen LogP contribution in [0.4, 0.5) is 5.82 Å². The molecule has 0 aromatic carbocycles. The van der Waals surface area contributed by atoms with E-state index >= 15 is 0 Å². The van der Waals surface area contributed by atoms with E-state index in [1.54, 1.807) is 12.3 Å². The SMILES string of the molecule is CC(C)CC(=O)Nc1ccc(CN)cn1. The minimum atomic E-state index is -0.00185. The minimum Gasteiger partial charge on any atom is -0.326 e. The van der Waals surface area contributed by atoms with Crippen LogP contribution in [0, 0.1) is 5.92 Å². The molecule has 4 nitrogen and oxygen atoms in total. The van der Waals surface area contributed by atoms with E-state index < -0.39 is 0 Å². The monoisotopic (exact) mass is 207 g/mol. The van der Waals surface area contributed by atoms with Crippen LogP contribution in [0.2, 0.25) is 0 Å². The van der Waals surface area contributed by atoms with Gasteiger partial charge in [-0.3, -0.25) is 4.79 Å². The van der Waals surface area contributed by atoms with E-state index in [0.717, 1.165) is 5.56 Å². The number of nitrogens with one attached hydrogen (secondary N) is 1. The highest BCUT2D eigenvalue weighted by molar-refractivity contribution is 5.89. The Balaban J connectivity index is 2.53. The number of carbonyl (C=O) groups is 1. The molecular weight excluding hydrogens is 190 g/mol. The molecule has 1 rings (SSSR count). The Morgan fingerprint density at radius 3 is 2.73 bits per heavy atom. The molecule has 15 heavy (non-hydrogen) atoms. The molecule has 0 saturated heterocycles. The van der Waals surface area contributed by atoms with E-state index in [0.29, 0.717) is 24.7 Å². The zero-order valence-corrected chi connectivity index (χ0v) is 9.16. The largest absolute Gasteiger partial charge is 0.326 e. The number of nitrogens with two attached hydrogens (primary N) is 1. The zero-order valence-electron chi connectivity index (χ0n) is 9.16. The Bertz CT molecular complexity index is 319. The van der Waals surface area contributed by atoms with Gasteiger partial charge in [0.05, 0.1) is 0 Å². The molecule has 0 aliphatic carbocycles. The summed E-state index contributed by atoms with van der Waals surface area (Å²) >= 11 is 0. The third kappa shape index (κ3) is 4.08. The number of hydrogen-bond acceptors (Lipinski definition) is 3. The Labute approximate surface area is 89.9 Å². The molecule has 0 aliphatic rings. The molecule has 0 unspecified atom stereocenters. The van der Waals surface area contributed by atoms with Gasteiger partial charge in [-0.05, 0) is 17.5 Å². The molecule has 1 amide bonds. The van der Waals surface area contributed by atoms with Gasteiger partial charge in [0.15, 0.2) is 0 Å². The fourth-order valence-corrected chi connectivity index (χ4v) is 1.18. The number of nitrogens with zero attached hydrogens (tertiary/aromatic N) is 1. The van der Waals surface area contributed by atoms with Crippen LogP contribution in [0.25, 0.3) is 0 Å². The second kappa shape index (κ2) is 5.46. The molecule has 82 valence electrons. The van der Waals surface area contributed by atoms with Crippen LogP contribution in [0.3, 0.4) is 0 Å². The van der Waals surface area contributed by atoms with Crippen molar-refractivity contribution in [1.82, 2.24) is 4.98 Å². The first-order valence-electron chi connectivity index (χ1n) is 5.06. The summed E-state index contributed by atoms with van der Waals surface area (Å²) in [6, 6.07) is 3.62. The molecule has 0 fully saturated rings. The molecule has 0 radical (unpaired) electrons. The van der Waals surface area contributed by atoms with Crippen molar-refractivity contribution < 1.29 is 4.79 Å². The average molecular weight is 207 g/mol. The maximum atomic E-state index is 11.4. The summed E-state index contributed by atoms with van der Waals surface area (Å²) < 4.78 is 0. The predicted octanol–water partition coefficient (Wildman–Crippen LogP) is 1.52. The van der Waals surface area contributed by atoms with Crippen LogP contribution < -0.4 is 11.1 Å². The molecule has 4 heteroatoms. The summed E-state index contributed by atoms with van der Waals surface area (Å²) in [5, 5.41) is 2.73. The van der Waals surface area contributed by atoms with Crippen molar-refractivity contribution in [3.05, 3.63) is 23.9 Å². The number of amides is 1. The summed E-state index contributed by atoms with van der Waals surface area (Å²) in [6.45, 7) is 4.47. The normalized spacial score (nSPS) is 10.4. The summed E-state index contributed by atoms with van der Waals surface area (Å²) in [4.78, 5) is 15.5. The third-order valence-corrected chi connectivity index (χ3v) is 1.92. The molecule has 1 heterocycles. The molecule has 1 aromatic heterocycles. The lowest BCUT2D eigenvalue weighted by molar-refractivity contribution is -0.116. The Hall–Kier alpha value is -1.42. The van der Waals surface area contributed by atoms with E-state index in [2.05, 4.69) is 10.3 Å². The molecule has 0 spiro atoms. The topological polar surface area (TPSA) is 68.0 Å². The Kier molecular flexibility index (Phi) is 4.24.